The maximum absolute atomic E-state index is 12.4. The van der Waals surface area contributed by atoms with Crippen molar-refractivity contribution in [1.82, 2.24) is 5.32 Å². The molecule has 2 unspecified atom stereocenters. The third-order valence-corrected chi connectivity index (χ3v) is 11.1. The van der Waals surface area contributed by atoms with Crippen LogP contribution in [0.15, 0.2) is 36.5 Å². The molecule has 0 aromatic heterocycles. The number of carbonyl (C=O) groups excluding carboxylic acids is 1. The van der Waals surface area contributed by atoms with Gasteiger partial charge in [0.2, 0.25) is 5.91 Å². The van der Waals surface area contributed by atoms with E-state index < -0.39 is 12.1 Å². The largest absolute Gasteiger partial charge is 0.394 e. The molecule has 3 N–H and O–H groups in total. The van der Waals surface area contributed by atoms with Crippen molar-refractivity contribution in [1.29, 1.82) is 0 Å². The molecule has 0 spiro atoms. The number of aliphatic hydroxyl groups excluding tert-OH is 2. The highest BCUT2D eigenvalue weighted by Crippen LogP contribution is 2.16. The van der Waals surface area contributed by atoms with Gasteiger partial charge in [-0.25, -0.2) is 0 Å². The van der Waals surface area contributed by atoms with Gasteiger partial charge in [-0.15, -0.1) is 0 Å². The SMILES string of the molecule is CCCCCCCC/C=C\CCCCCCCCCCCC(=O)NC(CO)C(O)/C=C/CC/C=C/CCCCCCCCCCCCCCCCCCC. The summed E-state index contributed by atoms with van der Waals surface area (Å²) in [5.74, 6) is -0.0743. The Morgan fingerprint density at radius 3 is 1.07 bits per heavy atom. The van der Waals surface area contributed by atoms with Crippen LogP contribution in [0, 0.1) is 0 Å². The van der Waals surface area contributed by atoms with Crippen molar-refractivity contribution in [2.75, 3.05) is 6.61 Å². The standard InChI is InChI=1S/C50H95NO3/c1-3-5-7-9-11-13-15-17-19-21-23-24-25-26-28-29-31-33-35-37-39-41-43-45-49(53)48(47-52)51-50(54)46-44-42-40-38-36-34-32-30-27-22-20-18-16-14-12-10-8-6-4-2/h18,20,35,37,43,45,48-49,52-53H,3-17,19,21-34,36,38-42,44,46-47H2,1-2H3,(H,51,54)/b20-18-,37-35+,45-43+. The molecule has 0 heterocycles. The van der Waals surface area contributed by atoms with Gasteiger partial charge >= 0.3 is 0 Å². The molecule has 0 aliphatic heterocycles. The van der Waals surface area contributed by atoms with Gasteiger partial charge in [0.05, 0.1) is 18.8 Å². The first-order chi connectivity index (χ1) is 26.7. The Morgan fingerprint density at radius 1 is 0.426 bits per heavy atom. The summed E-state index contributed by atoms with van der Waals surface area (Å²) in [5, 5.41) is 23.1. The monoisotopic (exact) mass is 758 g/mol. The van der Waals surface area contributed by atoms with E-state index in [-0.39, 0.29) is 12.5 Å². The average molecular weight is 758 g/mol. The quantitative estimate of drug-likeness (QED) is 0.0428. The molecule has 0 saturated heterocycles. The molecule has 0 aromatic carbocycles. The predicted molar refractivity (Wildman–Crippen MR) is 239 cm³/mol. The summed E-state index contributed by atoms with van der Waals surface area (Å²) in [7, 11) is 0. The molecule has 0 saturated carbocycles. The third kappa shape index (κ3) is 41.8. The first-order valence-electron chi connectivity index (χ1n) is 24.2. The van der Waals surface area contributed by atoms with Crippen LogP contribution in [0.5, 0.6) is 0 Å². The van der Waals surface area contributed by atoms with Gasteiger partial charge in [0.15, 0.2) is 0 Å². The minimum absolute atomic E-state index is 0.0743. The second kappa shape index (κ2) is 46.0. The van der Waals surface area contributed by atoms with Crippen LogP contribution < -0.4 is 5.32 Å². The summed E-state index contributed by atoms with van der Waals surface area (Å²) in [6.07, 6.45) is 61.3. The maximum Gasteiger partial charge on any atom is 0.220 e. The number of amides is 1. The van der Waals surface area contributed by atoms with Gasteiger partial charge in [-0.3, -0.25) is 4.79 Å². The molecule has 0 aliphatic rings. The zero-order valence-electron chi connectivity index (χ0n) is 36.5. The van der Waals surface area contributed by atoms with Crippen LogP contribution in [-0.2, 0) is 4.79 Å². The van der Waals surface area contributed by atoms with Crippen LogP contribution in [0.2, 0.25) is 0 Å². The number of allylic oxidation sites excluding steroid dienone is 5. The summed E-state index contributed by atoms with van der Waals surface area (Å²) in [6.45, 7) is 4.31. The van der Waals surface area contributed by atoms with Crippen molar-refractivity contribution >= 4 is 5.91 Å². The molecule has 0 fully saturated rings. The lowest BCUT2D eigenvalue weighted by molar-refractivity contribution is -0.123. The van der Waals surface area contributed by atoms with Crippen LogP contribution in [0.1, 0.15) is 258 Å². The van der Waals surface area contributed by atoms with E-state index in [1.165, 1.54) is 205 Å². The minimum atomic E-state index is -0.862. The highest BCUT2D eigenvalue weighted by molar-refractivity contribution is 5.76. The van der Waals surface area contributed by atoms with Crippen LogP contribution in [-0.4, -0.2) is 34.9 Å². The smallest absolute Gasteiger partial charge is 0.220 e. The van der Waals surface area contributed by atoms with Gasteiger partial charge in [0, 0.05) is 6.42 Å². The Hall–Kier alpha value is -1.39. The molecule has 0 aromatic rings. The first kappa shape index (κ1) is 52.6. The molecule has 1 amide bonds. The summed E-state index contributed by atoms with van der Waals surface area (Å²) in [5.41, 5.74) is 0. The van der Waals surface area contributed by atoms with E-state index in [2.05, 4.69) is 43.5 Å². The third-order valence-electron chi connectivity index (χ3n) is 11.1. The van der Waals surface area contributed by atoms with Crippen LogP contribution in [0.4, 0.5) is 0 Å². The fourth-order valence-electron chi connectivity index (χ4n) is 7.37. The summed E-state index contributed by atoms with van der Waals surface area (Å²) in [6, 6.07) is -0.639. The molecule has 318 valence electrons. The van der Waals surface area contributed by atoms with Crippen molar-refractivity contribution in [3.8, 4) is 0 Å². The van der Waals surface area contributed by atoms with E-state index in [1.54, 1.807) is 6.08 Å². The highest BCUT2D eigenvalue weighted by atomic mass is 16.3. The van der Waals surface area contributed by atoms with E-state index in [0.29, 0.717) is 6.42 Å². The van der Waals surface area contributed by atoms with Crippen LogP contribution in [0.3, 0.4) is 0 Å². The average Bonchev–Trinajstić information content (AvgIpc) is 3.18. The number of nitrogens with one attached hydrogen (secondary N) is 1. The molecule has 0 aliphatic carbocycles. The zero-order chi connectivity index (χ0) is 39.3. The highest BCUT2D eigenvalue weighted by Gasteiger charge is 2.17. The summed E-state index contributed by atoms with van der Waals surface area (Å²) < 4.78 is 0. The fourth-order valence-corrected chi connectivity index (χ4v) is 7.37. The van der Waals surface area contributed by atoms with E-state index in [4.69, 9.17) is 0 Å². The zero-order valence-corrected chi connectivity index (χ0v) is 36.5. The predicted octanol–water partition coefficient (Wildman–Crippen LogP) is 15.4. The molecule has 0 bridgehead atoms. The topological polar surface area (TPSA) is 69.6 Å². The van der Waals surface area contributed by atoms with Crippen molar-refractivity contribution < 1.29 is 15.0 Å². The maximum atomic E-state index is 12.4. The van der Waals surface area contributed by atoms with E-state index >= 15 is 0 Å². The summed E-state index contributed by atoms with van der Waals surface area (Å²) in [4.78, 5) is 12.4. The van der Waals surface area contributed by atoms with Crippen molar-refractivity contribution in [2.24, 2.45) is 0 Å². The second-order valence-electron chi connectivity index (χ2n) is 16.5. The Morgan fingerprint density at radius 2 is 0.722 bits per heavy atom. The Labute approximate surface area is 338 Å². The number of rotatable bonds is 44. The normalized spacial score (nSPS) is 13.2. The minimum Gasteiger partial charge on any atom is -0.394 e. The molecular formula is C50H95NO3. The fraction of sp³-hybridized carbons (Fsp3) is 0.860. The van der Waals surface area contributed by atoms with E-state index in [9.17, 15) is 15.0 Å². The molecule has 4 nitrogen and oxygen atoms in total. The molecule has 0 radical (unpaired) electrons. The van der Waals surface area contributed by atoms with Gasteiger partial charge in [0.25, 0.3) is 0 Å². The Kier molecular flexibility index (Phi) is 44.8. The summed E-state index contributed by atoms with van der Waals surface area (Å²) >= 11 is 0. The number of hydrogen-bond acceptors (Lipinski definition) is 3. The van der Waals surface area contributed by atoms with Crippen LogP contribution >= 0.6 is 0 Å². The first-order valence-corrected chi connectivity index (χ1v) is 24.2. The lowest BCUT2D eigenvalue weighted by atomic mass is 10.0. The van der Waals surface area contributed by atoms with Gasteiger partial charge in [-0.2, -0.15) is 0 Å². The molecule has 4 heteroatoms. The van der Waals surface area contributed by atoms with Crippen molar-refractivity contribution in [3.05, 3.63) is 36.5 Å². The molecular weight excluding hydrogens is 663 g/mol. The van der Waals surface area contributed by atoms with Gasteiger partial charge in [-0.05, 0) is 57.8 Å². The molecule has 0 rings (SSSR count). The van der Waals surface area contributed by atoms with Crippen molar-refractivity contribution in [3.63, 3.8) is 0 Å². The van der Waals surface area contributed by atoms with Gasteiger partial charge < -0.3 is 15.5 Å². The van der Waals surface area contributed by atoms with Gasteiger partial charge in [-0.1, -0.05) is 230 Å². The lowest BCUT2D eigenvalue weighted by Gasteiger charge is -2.19. The number of carbonyl (C=O) groups is 1. The van der Waals surface area contributed by atoms with E-state index in [1.807, 2.05) is 6.08 Å². The molecule has 54 heavy (non-hydrogen) atoms. The Balaban J connectivity index is 3.57. The van der Waals surface area contributed by atoms with E-state index in [0.717, 1.165) is 32.1 Å². The number of hydrogen-bond donors (Lipinski definition) is 3. The number of unbranched alkanes of at least 4 members (excludes halogenated alkanes) is 33. The lowest BCUT2D eigenvalue weighted by Crippen LogP contribution is -2.45. The number of aliphatic hydroxyl groups is 2. The molecule has 2 atom stereocenters. The Bertz CT molecular complexity index is 821. The van der Waals surface area contributed by atoms with Crippen molar-refractivity contribution in [2.45, 2.75) is 270 Å². The van der Waals surface area contributed by atoms with Crippen LogP contribution in [0.25, 0.3) is 0 Å². The van der Waals surface area contributed by atoms with Gasteiger partial charge in [0.1, 0.15) is 0 Å². The second-order valence-corrected chi connectivity index (χ2v) is 16.5.